The van der Waals surface area contributed by atoms with Crippen LogP contribution >= 0.6 is 11.3 Å². The molecule has 2 aromatic heterocycles. The standard InChI is InChI=1S/C9H10N4O2S/c1-5-2-7(15-13-5)8(14)11-3-6-4-16-9(10)12-6/h2,4H,3H2,1H3,(H2,10,12)(H,11,14). The molecule has 0 saturated heterocycles. The number of rotatable bonds is 3. The summed E-state index contributed by atoms with van der Waals surface area (Å²) in [6.07, 6.45) is 0. The van der Waals surface area contributed by atoms with Gasteiger partial charge in [0.2, 0.25) is 5.76 Å². The highest BCUT2D eigenvalue weighted by molar-refractivity contribution is 7.13. The zero-order valence-corrected chi connectivity index (χ0v) is 9.37. The Morgan fingerprint density at radius 3 is 3.06 bits per heavy atom. The Balaban J connectivity index is 1.93. The lowest BCUT2D eigenvalue weighted by Gasteiger charge is -1.98. The van der Waals surface area contributed by atoms with Gasteiger partial charge in [-0.3, -0.25) is 4.79 Å². The van der Waals surface area contributed by atoms with E-state index in [4.69, 9.17) is 10.3 Å². The van der Waals surface area contributed by atoms with Crippen molar-refractivity contribution in [3.63, 3.8) is 0 Å². The molecule has 0 aliphatic rings. The van der Waals surface area contributed by atoms with E-state index in [1.165, 1.54) is 11.3 Å². The van der Waals surface area contributed by atoms with Crippen molar-refractivity contribution in [1.29, 1.82) is 0 Å². The number of nitrogens with one attached hydrogen (secondary N) is 1. The largest absolute Gasteiger partial charge is 0.375 e. The maximum absolute atomic E-state index is 11.5. The molecule has 2 rings (SSSR count). The Kier molecular flexibility index (Phi) is 2.86. The van der Waals surface area contributed by atoms with Crippen LogP contribution in [-0.4, -0.2) is 16.0 Å². The molecule has 6 nitrogen and oxygen atoms in total. The van der Waals surface area contributed by atoms with Gasteiger partial charge in [0, 0.05) is 11.4 Å². The van der Waals surface area contributed by atoms with Gasteiger partial charge in [-0.2, -0.15) is 0 Å². The van der Waals surface area contributed by atoms with Crippen LogP contribution in [0.25, 0.3) is 0 Å². The second-order valence-corrected chi connectivity index (χ2v) is 4.08. The van der Waals surface area contributed by atoms with Gasteiger partial charge in [0.05, 0.1) is 17.9 Å². The van der Waals surface area contributed by atoms with Crippen molar-refractivity contribution in [3.8, 4) is 0 Å². The molecule has 84 valence electrons. The summed E-state index contributed by atoms with van der Waals surface area (Å²) < 4.78 is 4.82. The van der Waals surface area contributed by atoms with E-state index in [0.717, 1.165) is 5.69 Å². The number of nitrogen functional groups attached to an aromatic ring is 1. The number of anilines is 1. The Bertz CT molecular complexity index is 505. The maximum atomic E-state index is 11.5. The summed E-state index contributed by atoms with van der Waals surface area (Å²) in [6, 6.07) is 1.57. The molecule has 16 heavy (non-hydrogen) atoms. The molecule has 0 unspecified atom stereocenters. The van der Waals surface area contributed by atoms with Crippen LogP contribution in [-0.2, 0) is 6.54 Å². The molecular formula is C9H10N4O2S. The minimum absolute atomic E-state index is 0.195. The van der Waals surface area contributed by atoms with Crippen molar-refractivity contribution in [2.75, 3.05) is 5.73 Å². The number of hydrogen-bond acceptors (Lipinski definition) is 6. The molecule has 0 saturated carbocycles. The SMILES string of the molecule is Cc1cc(C(=O)NCc2csc(N)n2)on1. The topological polar surface area (TPSA) is 94.0 Å². The number of hydrogen-bond donors (Lipinski definition) is 2. The third-order valence-corrected chi connectivity index (χ3v) is 2.57. The lowest BCUT2D eigenvalue weighted by atomic mass is 10.3. The Labute approximate surface area is 95.5 Å². The van der Waals surface area contributed by atoms with Gasteiger partial charge in [-0.25, -0.2) is 4.98 Å². The van der Waals surface area contributed by atoms with Gasteiger partial charge in [-0.1, -0.05) is 5.16 Å². The molecule has 3 N–H and O–H groups in total. The summed E-state index contributed by atoms with van der Waals surface area (Å²) in [4.78, 5) is 15.6. The summed E-state index contributed by atoms with van der Waals surface area (Å²) in [6.45, 7) is 2.08. The molecule has 0 aliphatic heterocycles. The quantitative estimate of drug-likeness (QED) is 0.830. The molecule has 2 aromatic rings. The number of thiazole rings is 1. The van der Waals surface area contributed by atoms with Gasteiger partial charge >= 0.3 is 0 Å². The molecule has 2 heterocycles. The number of amides is 1. The molecule has 1 amide bonds. The number of nitrogens with zero attached hydrogens (tertiary/aromatic N) is 2. The average molecular weight is 238 g/mol. The van der Waals surface area contributed by atoms with Crippen LogP contribution in [0.15, 0.2) is 16.0 Å². The fraction of sp³-hybridized carbons (Fsp3) is 0.222. The Morgan fingerprint density at radius 1 is 1.69 bits per heavy atom. The number of carbonyl (C=O) groups excluding carboxylic acids is 1. The predicted octanol–water partition coefficient (Wildman–Crippen LogP) is 0.952. The molecule has 7 heteroatoms. The monoisotopic (exact) mass is 238 g/mol. The molecule has 0 radical (unpaired) electrons. The summed E-state index contributed by atoms with van der Waals surface area (Å²) in [5.41, 5.74) is 6.86. The van der Waals surface area contributed by atoms with E-state index in [1.54, 1.807) is 18.4 Å². The first-order chi connectivity index (χ1) is 7.65. The first-order valence-corrected chi connectivity index (χ1v) is 5.44. The summed E-state index contributed by atoms with van der Waals surface area (Å²) in [5.74, 6) is -0.118. The van der Waals surface area contributed by atoms with Crippen LogP contribution in [0.2, 0.25) is 0 Å². The van der Waals surface area contributed by atoms with Crippen molar-refractivity contribution in [2.24, 2.45) is 0 Å². The Morgan fingerprint density at radius 2 is 2.50 bits per heavy atom. The number of nitrogens with two attached hydrogens (primary N) is 1. The average Bonchev–Trinajstić information content (AvgIpc) is 2.84. The number of aromatic nitrogens is 2. The van der Waals surface area contributed by atoms with E-state index < -0.39 is 0 Å². The highest BCUT2D eigenvalue weighted by Crippen LogP contribution is 2.10. The van der Waals surface area contributed by atoms with Crippen LogP contribution in [0, 0.1) is 6.92 Å². The Hall–Kier alpha value is -1.89. The molecule has 0 fully saturated rings. The summed E-state index contributed by atoms with van der Waals surface area (Å²) in [7, 11) is 0. The van der Waals surface area contributed by atoms with Gasteiger partial charge in [-0.15, -0.1) is 11.3 Å². The third kappa shape index (κ3) is 2.37. The maximum Gasteiger partial charge on any atom is 0.290 e. The van der Waals surface area contributed by atoms with Gasteiger partial charge in [0.15, 0.2) is 5.13 Å². The van der Waals surface area contributed by atoms with Gasteiger partial charge in [0.25, 0.3) is 5.91 Å². The molecule has 0 atom stereocenters. The third-order valence-electron chi connectivity index (χ3n) is 1.85. The number of aryl methyl sites for hydroxylation is 1. The molecule has 0 aliphatic carbocycles. The van der Waals surface area contributed by atoms with Crippen molar-refractivity contribution in [3.05, 3.63) is 28.6 Å². The lowest BCUT2D eigenvalue weighted by Crippen LogP contribution is -2.22. The second kappa shape index (κ2) is 4.31. The van der Waals surface area contributed by atoms with E-state index in [-0.39, 0.29) is 11.7 Å². The van der Waals surface area contributed by atoms with Crippen molar-refractivity contribution in [1.82, 2.24) is 15.5 Å². The van der Waals surface area contributed by atoms with Crippen LogP contribution in [0.5, 0.6) is 0 Å². The molecule has 0 bridgehead atoms. The second-order valence-electron chi connectivity index (χ2n) is 3.19. The van der Waals surface area contributed by atoms with Crippen molar-refractivity contribution < 1.29 is 9.32 Å². The van der Waals surface area contributed by atoms with Crippen LogP contribution in [0.4, 0.5) is 5.13 Å². The molecular weight excluding hydrogens is 228 g/mol. The van der Waals surface area contributed by atoms with E-state index in [1.807, 2.05) is 0 Å². The summed E-state index contributed by atoms with van der Waals surface area (Å²) in [5, 5.41) is 8.56. The van der Waals surface area contributed by atoms with Gasteiger partial charge in [0.1, 0.15) is 0 Å². The zero-order valence-electron chi connectivity index (χ0n) is 8.56. The zero-order chi connectivity index (χ0) is 11.5. The molecule has 0 spiro atoms. The highest BCUT2D eigenvalue weighted by Gasteiger charge is 2.11. The van der Waals surface area contributed by atoms with Crippen LogP contribution in [0.3, 0.4) is 0 Å². The number of carbonyl (C=O) groups is 1. The normalized spacial score (nSPS) is 10.3. The van der Waals surface area contributed by atoms with Gasteiger partial charge < -0.3 is 15.6 Å². The fourth-order valence-corrected chi connectivity index (χ4v) is 1.70. The lowest BCUT2D eigenvalue weighted by molar-refractivity contribution is 0.0913. The van der Waals surface area contributed by atoms with E-state index >= 15 is 0 Å². The molecule has 0 aromatic carbocycles. The fourth-order valence-electron chi connectivity index (χ4n) is 1.13. The highest BCUT2D eigenvalue weighted by atomic mass is 32.1. The van der Waals surface area contributed by atoms with E-state index in [0.29, 0.717) is 17.4 Å². The van der Waals surface area contributed by atoms with Crippen LogP contribution < -0.4 is 11.1 Å². The minimum Gasteiger partial charge on any atom is -0.375 e. The van der Waals surface area contributed by atoms with E-state index in [9.17, 15) is 4.79 Å². The predicted molar refractivity (Wildman–Crippen MR) is 58.9 cm³/mol. The van der Waals surface area contributed by atoms with Crippen LogP contribution in [0.1, 0.15) is 21.9 Å². The first kappa shape index (κ1) is 10.6. The smallest absolute Gasteiger partial charge is 0.290 e. The van der Waals surface area contributed by atoms with E-state index in [2.05, 4.69) is 15.5 Å². The first-order valence-electron chi connectivity index (χ1n) is 4.56. The summed E-state index contributed by atoms with van der Waals surface area (Å²) >= 11 is 1.34. The van der Waals surface area contributed by atoms with Crippen molar-refractivity contribution in [2.45, 2.75) is 13.5 Å². The van der Waals surface area contributed by atoms with Crippen molar-refractivity contribution >= 4 is 22.4 Å². The minimum atomic E-state index is -0.313. The van der Waals surface area contributed by atoms with Gasteiger partial charge in [-0.05, 0) is 6.92 Å².